The van der Waals surface area contributed by atoms with Crippen LogP contribution in [0.2, 0.25) is 0 Å². The summed E-state index contributed by atoms with van der Waals surface area (Å²) < 4.78 is 0. The third-order valence-corrected chi connectivity index (χ3v) is 16.1. The van der Waals surface area contributed by atoms with E-state index in [4.69, 9.17) is 0 Å². The van der Waals surface area contributed by atoms with Gasteiger partial charge in [-0.15, -0.1) is 0 Å². The quantitative estimate of drug-likeness (QED) is 0.192. The van der Waals surface area contributed by atoms with E-state index in [1.165, 1.54) is 49.3 Å². The molecule has 0 nitrogen and oxygen atoms in total. The van der Waals surface area contributed by atoms with Crippen molar-refractivity contribution in [3.8, 4) is 22.3 Å². The summed E-state index contributed by atoms with van der Waals surface area (Å²) in [6.07, 6.45) is 0. The Bertz CT molecular complexity index is 1500. The Morgan fingerprint density at radius 3 is 1.63 bits per heavy atom. The second kappa shape index (κ2) is 11.4. The maximum absolute atomic E-state index is 2.44. The van der Waals surface area contributed by atoms with Gasteiger partial charge >= 0.3 is 0 Å². The molecule has 0 saturated carbocycles. The molecule has 5 aromatic rings. The molecule has 0 radical (unpaired) electrons. The van der Waals surface area contributed by atoms with Crippen LogP contribution in [0.3, 0.4) is 0 Å². The van der Waals surface area contributed by atoms with E-state index in [2.05, 4.69) is 162 Å². The summed E-state index contributed by atoms with van der Waals surface area (Å²) in [5, 5.41) is 4.53. The first-order valence-corrected chi connectivity index (χ1v) is 16.7. The highest BCUT2D eigenvalue weighted by Crippen LogP contribution is 2.73. The van der Waals surface area contributed by atoms with Gasteiger partial charge in [0.2, 0.25) is 0 Å². The molecule has 0 spiro atoms. The minimum atomic E-state index is -0.624. The van der Waals surface area contributed by atoms with Crippen LogP contribution in [0, 0.1) is 13.8 Å². The Hall–Kier alpha value is -3.04. The van der Waals surface area contributed by atoms with Gasteiger partial charge in [-0.05, 0) is 83.5 Å². The first kappa shape index (κ1) is 26.6. The van der Waals surface area contributed by atoms with Gasteiger partial charge < -0.3 is 0 Å². The van der Waals surface area contributed by atoms with Crippen LogP contribution in [0.1, 0.15) is 31.9 Å². The third-order valence-electron chi connectivity index (χ3n) is 6.95. The van der Waals surface area contributed by atoms with Crippen molar-refractivity contribution in [2.75, 3.05) is 0 Å². The van der Waals surface area contributed by atoms with Crippen molar-refractivity contribution in [3.05, 3.63) is 139 Å². The molecule has 0 amide bonds. The van der Waals surface area contributed by atoms with Crippen LogP contribution in [0.4, 0.5) is 0 Å². The molecule has 0 fully saturated rings. The summed E-state index contributed by atoms with van der Waals surface area (Å²) in [6.45, 7) is 11.9. The Morgan fingerprint density at radius 2 is 1.00 bits per heavy atom. The van der Waals surface area contributed by atoms with Crippen LogP contribution < -0.4 is 15.9 Å². The van der Waals surface area contributed by atoms with Gasteiger partial charge in [-0.3, -0.25) is 0 Å². The molecular weight excluding hydrogens is 494 g/mol. The van der Waals surface area contributed by atoms with E-state index in [1.807, 2.05) is 0 Å². The SMILES string of the molecule is Cc1ccccc1-c1c(C)cccc1[P@@]([P@@](c1ccccc1)c1ccc(-c2ccccc2)cc1)C(C)(C)C. The lowest BCUT2D eigenvalue weighted by Gasteiger charge is -2.40. The lowest BCUT2D eigenvalue weighted by atomic mass is 9.97. The van der Waals surface area contributed by atoms with Gasteiger partial charge in [0.15, 0.2) is 0 Å². The van der Waals surface area contributed by atoms with E-state index in [9.17, 15) is 0 Å². The zero-order valence-corrected chi connectivity index (χ0v) is 24.8. The average molecular weight is 531 g/mol. The Labute approximate surface area is 231 Å². The van der Waals surface area contributed by atoms with E-state index in [1.54, 1.807) is 0 Å². The highest BCUT2D eigenvalue weighted by molar-refractivity contribution is 8.39. The Balaban J connectivity index is 1.72. The number of aryl methyl sites for hydroxylation is 2. The van der Waals surface area contributed by atoms with Crippen molar-refractivity contribution in [2.24, 2.45) is 0 Å². The predicted molar refractivity (Wildman–Crippen MR) is 172 cm³/mol. The summed E-state index contributed by atoms with van der Waals surface area (Å²) in [6, 6.07) is 47.2. The van der Waals surface area contributed by atoms with Gasteiger partial charge in [-0.1, -0.05) is 148 Å². The van der Waals surface area contributed by atoms with Crippen molar-refractivity contribution < 1.29 is 0 Å². The molecule has 0 aliphatic rings. The molecular formula is C36H36P2. The largest absolute Gasteiger partial charge is 0.0622 e. The Morgan fingerprint density at radius 1 is 0.474 bits per heavy atom. The maximum atomic E-state index is 2.44. The molecule has 5 rings (SSSR count). The van der Waals surface area contributed by atoms with Gasteiger partial charge in [-0.2, -0.15) is 0 Å². The van der Waals surface area contributed by atoms with Crippen molar-refractivity contribution in [3.63, 3.8) is 0 Å². The minimum absolute atomic E-state index is 0.111. The van der Waals surface area contributed by atoms with Crippen molar-refractivity contribution in [1.82, 2.24) is 0 Å². The van der Waals surface area contributed by atoms with Gasteiger partial charge in [0, 0.05) is 0 Å². The fourth-order valence-corrected chi connectivity index (χ4v) is 14.2. The summed E-state index contributed by atoms with van der Waals surface area (Å²) in [7, 11) is -1.21. The highest BCUT2D eigenvalue weighted by atomic mass is 32.1. The standard InChI is InChI=1S/C36H36P2/c1-27-15-12-13-21-33(27)35-28(2)16-14-22-34(35)38(36(3,4)5)37(31-19-10-7-11-20-31)32-25-23-30(24-26-32)29-17-8-6-9-18-29/h6-26H,1-5H3/t37-,38+/m0/s1. The van der Waals surface area contributed by atoms with Crippen LogP contribution in [0.5, 0.6) is 0 Å². The molecule has 190 valence electrons. The van der Waals surface area contributed by atoms with E-state index < -0.39 is 15.2 Å². The molecule has 0 saturated heterocycles. The van der Waals surface area contributed by atoms with Crippen molar-refractivity contribution in [2.45, 2.75) is 39.8 Å². The topological polar surface area (TPSA) is 0 Å². The van der Waals surface area contributed by atoms with Crippen LogP contribution in [0.15, 0.2) is 127 Å². The maximum Gasteiger partial charge on any atom is -0.00711 e. The molecule has 2 atom stereocenters. The zero-order valence-electron chi connectivity index (χ0n) is 23.0. The molecule has 0 bridgehead atoms. The first-order valence-electron chi connectivity index (χ1n) is 13.3. The number of rotatable bonds is 6. The fourth-order valence-electron chi connectivity index (χ4n) is 5.18. The van der Waals surface area contributed by atoms with Crippen LogP contribution in [-0.2, 0) is 0 Å². The number of benzene rings is 5. The van der Waals surface area contributed by atoms with Gasteiger partial charge in [0.25, 0.3) is 0 Å². The van der Waals surface area contributed by atoms with Gasteiger partial charge in [0.1, 0.15) is 0 Å². The molecule has 0 aliphatic heterocycles. The molecule has 0 unspecified atom stereocenters. The molecule has 2 heteroatoms. The summed E-state index contributed by atoms with van der Waals surface area (Å²) in [5.41, 5.74) is 8.02. The highest BCUT2D eigenvalue weighted by Gasteiger charge is 2.37. The van der Waals surface area contributed by atoms with Crippen molar-refractivity contribution >= 4 is 31.1 Å². The van der Waals surface area contributed by atoms with Crippen LogP contribution >= 0.6 is 15.2 Å². The predicted octanol–water partition coefficient (Wildman–Crippen LogP) is 9.59. The monoisotopic (exact) mass is 530 g/mol. The number of hydrogen-bond donors (Lipinski definition) is 0. The Kier molecular flexibility index (Phi) is 7.95. The molecule has 0 aliphatic carbocycles. The molecule has 0 heterocycles. The number of hydrogen-bond acceptors (Lipinski definition) is 0. The molecule has 38 heavy (non-hydrogen) atoms. The zero-order chi connectivity index (χ0) is 26.7. The lowest BCUT2D eigenvalue weighted by Crippen LogP contribution is -2.25. The van der Waals surface area contributed by atoms with Gasteiger partial charge in [-0.25, -0.2) is 0 Å². The van der Waals surface area contributed by atoms with E-state index >= 15 is 0 Å². The summed E-state index contributed by atoms with van der Waals surface area (Å²) in [4.78, 5) is 0. The molecule has 0 aromatic heterocycles. The molecule has 0 N–H and O–H groups in total. The fraction of sp³-hybridized carbons (Fsp3) is 0.167. The van der Waals surface area contributed by atoms with Crippen LogP contribution in [0.25, 0.3) is 22.3 Å². The summed E-state index contributed by atoms with van der Waals surface area (Å²) >= 11 is 0. The lowest BCUT2D eigenvalue weighted by molar-refractivity contribution is 0.796. The average Bonchev–Trinajstić information content (AvgIpc) is 2.93. The second-order valence-corrected chi connectivity index (χ2v) is 17.3. The van der Waals surface area contributed by atoms with Crippen molar-refractivity contribution in [1.29, 1.82) is 0 Å². The van der Waals surface area contributed by atoms with E-state index in [0.717, 1.165) is 0 Å². The second-order valence-electron chi connectivity index (χ2n) is 10.8. The smallest absolute Gasteiger partial charge is 0.00711 e. The molecule has 5 aromatic carbocycles. The third kappa shape index (κ3) is 5.54. The summed E-state index contributed by atoms with van der Waals surface area (Å²) in [5.74, 6) is 0. The van der Waals surface area contributed by atoms with E-state index in [0.29, 0.717) is 0 Å². The van der Waals surface area contributed by atoms with E-state index in [-0.39, 0.29) is 5.16 Å². The van der Waals surface area contributed by atoms with Gasteiger partial charge in [0.05, 0.1) is 0 Å². The minimum Gasteiger partial charge on any atom is -0.0622 e. The normalized spacial score (nSPS) is 13.2. The first-order chi connectivity index (χ1) is 18.3. The van der Waals surface area contributed by atoms with Crippen LogP contribution in [-0.4, -0.2) is 5.16 Å².